The molecule has 7 heteroatoms. The van der Waals surface area contributed by atoms with Crippen LogP contribution in [0.15, 0.2) is 36.7 Å². The van der Waals surface area contributed by atoms with E-state index < -0.39 is 6.61 Å². The number of benzene rings is 1. The lowest BCUT2D eigenvalue weighted by atomic mass is 9.93. The number of nitrogens with zero attached hydrogens (tertiary/aromatic N) is 4. The number of piperidine rings is 1. The molecule has 27 heavy (non-hydrogen) atoms. The van der Waals surface area contributed by atoms with Crippen molar-refractivity contribution < 1.29 is 13.5 Å². The van der Waals surface area contributed by atoms with E-state index in [1.807, 2.05) is 6.20 Å². The molecule has 0 aliphatic carbocycles. The van der Waals surface area contributed by atoms with E-state index in [-0.39, 0.29) is 5.75 Å². The number of nitriles is 1. The molecule has 0 bridgehead atoms. The standard InChI is InChI=1S/C20H26F2N4O/c21-20(22)27-19-4-2-18(3-5-19)26-15-14-25(16-26)13-8-17-6-11-24(12-7-17)10-1-9-23/h2-5,14-15,17,20H,1,6-8,10-13,16H2. The highest BCUT2D eigenvalue weighted by atomic mass is 19.3. The van der Waals surface area contributed by atoms with Crippen molar-refractivity contribution in [3.05, 3.63) is 36.7 Å². The lowest BCUT2D eigenvalue weighted by Gasteiger charge is -2.32. The quantitative estimate of drug-likeness (QED) is 0.689. The molecule has 1 saturated heterocycles. The van der Waals surface area contributed by atoms with Gasteiger partial charge < -0.3 is 19.4 Å². The Labute approximate surface area is 159 Å². The third-order valence-corrected chi connectivity index (χ3v) is 5.26. The molecule has 2 aliphatic heterocycles. The molecule has 0 saturated carbocycles. The van der Waals surface area contributed by atoms with Gasteiger partial charge >= 0.3 is 6.61 Å². The van der Waals surface area contributed by atoms with E-state index in [0.29, 0.717) is 6.42 Å². The van der Waals surface area contributed by atoms with E-state index in [4.69, 9.17) is 5.26 Å². The van der Waals surface area contributed by atoms with Gasteiger partial charge in [0.15, 0.2) is 0 Å². The molecular weight excluding hydrogens is 350 g/mol. The van der Waals surface area contributed by atoms with Crippen molar-refractivity contribution in [2.45, 2.75) is 32.3 Å². The maximum atomic E-state index is 12.2. The van der Waals surface area contributed by atoms with Gasteiger partial charge in [-0.3, -0.25) is 0 Å². The number of ether oxygens (including phenoxy) is 1. The topological polar surface area (TPSA) is 42.7 Å². The highest BCUT2D eigenvalue weighted by Gasteiger charge is 2.20. The summed E-state index contributed by atoms with van der Waals surface area (Å²) in [5.74, 6) is 0.923. The van der Waals surface area contributed by atoms with Crippen molar-refractivity contribution >= 4 is 5.69 Å². The third kappa shape index (κ3) is 5.83. The molecule has 0 radical (unpaired) electrons. The fourth-order valence-corrected chi connectivity index (χ4v) is 3.65. The van der Waals surface area contributed by atoms with Gasteiger partial charge in [0.05, 0.1) is 12.7 Å². The minimum atomic E-state index is -2.80. The molecule has 5 nitrogen and oxygen atoms in total. The number of halogens is 2. The second-order valence-electron chi connectivity index (χ2n) is 7.08. The average molecular weight is 376 g/mol. The van der Waals surface area contributed by atoms with Crippen molar-refractivity contribution in [3.8, 4) is 11.8 Å². The zero-order valence-corrected chi connectivity index (χ0v) is 15.4. The molecule has 3 rings (SSSR count). The molecule has 0 N–H and O–H groups in total. The highest BCUT2D eigenvalue weighted by molar-refractivity contribution is 5.52. The van der Waals surface area contributed by atoms with Crippen LogP contribution in [0.4, 0.5) is 14.5 Å². The van der Waals surface area contributed by atoms with Crippen LogP contribution >= 0.6 is 0 Å². The summed E-state index contributed by atoms with van der Waals surface area (Å²) >= 11 is 0. The van der Waals surface area contributed by atoms with Crippen LogP contribution in [0.5, 0.6) is 5.75 Å². The average Bonchev–Trinajstić information content (AvgIpc) is 3.15. The molecular formula is C20H26F2N4O. The predicted molar refractivity (Wildman–Crippen MR) is 100 cm³/mol. The van der Waals surface area contributed by atoms with Crippen LogP contribution in [0, 0.1) is 17.2 Å². The first-order valence-corrected chi connectivity index (χ1v) is 9.47. The Balaban J connectivity index is 1.38. The Morgan fingerprint density at radius 1 is 1.11 bits per heavy atom. The first-order valence-electron chi connectivity index (χ1n) is 9.47. The van der Waals surface area contributed by atoms with Crippen LogP contribution in [0.3, 0.4) is 0 Å². The molecule has 0 atom stereocenters. The minimum Gasteiger partial charge on any atom is -0.435 e. The van der Waals surface area contributed by atoms with E-state index in [1.165, 1.54) is 19.3 Å². The van der Waals surface area contributed by atoms with Crippen molar-refractivity contribution in [1.82, 2.24) is 9.80 Å². The van der Waals surface area contributed by atoms with E-state index in [2.05, 4.69) is 31.7 Å². The van der Waals surface area contributed by atoms with Crippen LogP contribution in [0.1, 0.15) is 25.7 Å². The molecule has 1 aromatic carbocycles. The molecule has 2 heterocycles. The fraction of sp³-hybridized carbons (Fsp3) is 0.550. The smallest absolute Gasteiger partial charge is 0.387 e. The summed E-state index contributed by atoms with van der Waals surface area (Å²) in [5, 5.41) is 8.68. The van der Waals surface area contributed by atoms with Gasteiger partial charge in [-0.1, -0.05) is 0 Å². The molecule has 0 unspecified atom stereocenters. The van der Waals surface area contributed by atoms with Crippen LogP contribution in [0.25, 0.3) is 0 Å². The van der Waals surface area contributed by atoms with E-state index in [0.717, 1.165) is 44.5 Å². The molecule has 1 aromatic rings. The number of alkyl halides is 2. The Hall–Kier alpha value is -2.33. The van der Waals surface area contributed by atoms with Gasteiger partial charge in [0.2, 0.25) is 0 Å². The summed E-state index contributed by atoms with van der Waals surface area (Å²) in [6.45, 7) is 2.09. The van der Waals surface area contributed by atoms with Crippen LogP contribution in [-0.2, 0) is 0 Å². The highest BCUT2D eigenvalue weighted by Crippen LogP contribution is 2.25. The molecule has 1 fully saturated rings. The van der Waals surface area contributed by atoms with Crippen molar-refractivity contribution in [1.29, 1.82) is 5.26 Å². The van der Waals surface area contributed by atoms with Gasteiger partial charge in [0, 0.05) is 37.6 Å². The van der Waals surface area contributed by atoms with Crippen LogP contribution < -0.4 is 9.64 Å². The maximum Gasteiger partial charge on any atom is 0.387 e. The second-order valence-corrected chi connectivity index (χ2v) is 7.08. The van der Waals surface area contributed by atoms with E-state index in [9.17, 15) is 8.78 Å². The van der Waals surface area contributed by atoms with Crippen molar-refractivity contribution in [2.75, 3.05) is 37.7 Å². The summed E-state index contributed by atoms with van der Waals surface area (Å²) in [7, 11) is 0. The van der Waals surface area contributed by atoms with Crippen LogP contribution in [-0.4, -0.2) is 49.3 Å². The SMILES string of the molecule is N#CCCN1CCC(CCN2C=CN(c3ccc(OC(F)F)cc3)C2)CC1. The summed E-state index contributed by atoms with van der Waals surface area (Å²) in [6.07, 6.45) is 8.31. The van der Waals surface area contributed by atoms with Gasteiger partial charge in [0.25, 0.3) is 0 Å². The minimum absolute atomic E-state index is 0.176. The Morgan fingerprint density at radius 3 is 2.52 bits per heavy atom. The van der Waals surface area contributed by atoms with Crippen molar-refractivity contribution in [2.24, 2.45) is 5.92 Å². The summed E-state index contributed by atoms with van der Waals surface area (Å²) in [6, 6.07) is 8.94. The zero-order chi connectivity index (χ0) is 19.1. The Morgan fingerprint density at radius 2 is 1.85 bits per heavy atom. The summed E-state index contributed by atoms with van der Waals surface area (Å²) in [4.78, 5) is 6.76. The van der Waals surface area contributed by atoms with Gasteiger partial charge in [-0.25, -0.2) is 0 Å². The van der Waals surface area contributed by atoms with Crippen LogP contribution in [0.2, 0.25) is 0 Å². The Bertz CT molecular complexity index is 651. The molecule has 2 aliphatic rings. The third-order valence-electron chi connectivity index (χ3n) is 5.26. The number of rotatable bonds is 8. The Kier molecular flexibility index (Phi) is 6.88. The molecule has 0 spiro atoms. The van der Waals surface area contributed by atoms with Gasteiger partial charge in [-0.15, -0.1) is 0 Å². The first kappa shape index (κ1) is 19.4. The number of likely N-dealkylation sites (tertiary alicyclic amines) is 1. The first-order chi connectivity index (χ1) is 13.1. The summed E-state index contributed by atoms with van der Waals surface area (Å²) < 4.78 is 28.8. The van der Waals surface area contributed by atoms with Gasteiger partial charge in [0.1, 0.15) is 5.75 Å². The monoisotopic (exact) mass is 376 g/mol. The van der Waals surface area contributed by atoms with E-state index in [1.54, 1.807) is 24.3 Å². The molecule has 0 aromatic heterocycles. The number of anilines is 1. The van der Waals surface area contributed by atoms with Crippen molar-refractivity contribution in [3.63, 3.8) is 0 Å². The summed E-state index contributed by atoms with van der Waals surface area (Å²) in [5.41, 5.74) is 0.959. The second kappa shape index (κ2) is 9.56. The number of hydrogen-bond acceptors (Lipinski definition) is 5. The zero-order valence-electron chi connectivity index (χ0n) is 15.4. The lowest BCUT2D eigenvalue weighted by Crippen LogP contribution is -2.35. The van der Waals surface area contributed by atoms with Gasteiger partial charge in [-0.05, 0) is 62.5 Å². The largest absolute Gasteiger partial charge is 0.435 e. The number of hydrogen-bond donors (Lipinski definition) is 0. The predicted octanol–water partition coefficient (Wildman–Crippen LogP) is 3.85. The molecule has 0 amide bonds. The normalized spacial score (nSPS) is 18.3. The fourth-order valence-electron chi connectivity index (χ4n) is 3.65. The van der Waals surface area contributed by atoms with Gasteiger partial charge in [-0.2, -0.15) is 14.0 Å². The maximum absolute atomic E-state index is 12.2. The van der Waals surface area contributed by atoms with E-state index >= 15 is 0 Å². The lowest BCUT2D eigenvalue weighted by molar-refractivity contribution is -0.0498. The molecule has 146 valence electrons.